The average Bonchev–Trinajstić information content (AvgIpc) is 2.60. The van der Waals surface area contributed by atoms with E-state index in [9.17, 15) is 4.79 Å². The first kappa shape index (κ1) is 9.27. The normalized spacial score (nSPS) is 12.9. The minimum atomic E-state index is -0.432. The summed E-state index contributed by atoms with van der Waals surface area (Å²) in [7, 11) is 0. The van der Waals surface area contributed by atoms with E-state index < -0.39 is 4.83 Å². The summed E-state index contributed by atoms with van der Waals surface area (Å²) in [6, 6.07) is 7.79. The molecule has 0 saturated heterocycles. The quantitative estimate of drug-likeness (QED) is 0.791. The van der Waals surface area contributed by atoms with E-state index in [-0.39, 0.29) is 5.91 Å². The number of amides is 1. The molecule has 0 bridgehead atoms. The number of aromatic amines is 1. The molecule has 0 aliphatic carbocycles. The van der Waals surface area contributed by atoms with Crippen molar-refractivity contribution in [3.05, 3.63) is 36.0 Å². The molecule has 0 fully saturated rings. The Morgan fingerprint density at radius 1 is 1.43 bits per heavy atom. The van der Waals surface area contributed by atoms with Crippen molar-refractivity contribution in [2.45, 2.75) is 4.83 Å². The van der Waals surface area contributed by atoms with Crippen molar-refractivity contribution < 1.29 is 4.79 Å². The summed E-state index contributed by atoms with van der Waals surface area (Å²) >= 11 is 3.26. The van der Waals surface area contributed by atoms with Crippen molar-refractivity contribution in [1.82, 2.24) is 4.98 Å². The number of primary amides is 1. The highest BCUT2D eigenvalue weighted by Gasteiger charge is 2.17. The number of carbonyl (C=O) groups excluding carboxylic acids is 1. The first-order chi connectivity index (χ1) is 6.70. The maximum atomic E-state index is 11.0. The van der Waals surface area contributed by atoms with E-state index in [0.29, 0.717) is 0 Å². The summed E-state index contributed by atoms with van der Waals surface area (Å²) in [5.41, 5.74) is 7.11. The molecule has 0 radical (unpaired) electrons. The zero-order valence-corrected chi connectivity index (χ0v) is 8.91. The number of rotatable bonds is 2. The molecule has 1 aromatic heterocycles. The van der Waals surface area contributed by atoms with Gasteiger partial charge < -0.3 is 10.7 Å². The highest BCUT2D eigenvalue weighted by Crippen LogP contribution is 2.29. The number of para-hydroxylation sites is 1. The van der Waals surface area contributed by atoms with Gasteiger partial charge >= 0.3 is 0 Å². The smallest absolute Gasteiger partial charge is 0.235 e. The molecule has 14 heavy (non-hydrogen) atoms. The Hall–Kier alpha value is -1.29. The van der Waals surface area contributed by atoms with Crippen LogP contribution in [0.5, 0.6) is 0 Å². The second kappa shape index (κ2) is 3.46. The number of aromatic nitrogens is 1. The second-order valence-corrected chi connectivity index (χ2v) is 3.97. The summed E-state index contributed by atoms with van der Waals surface area (Å²) in [5, 5.41) is 1.02. The Labute approximate surface area is 89.4 Å². The monoisotopic (exact) mass is 252 g/mol. The van der Waals surface area contributed by atoms with Crippen LogP contribution in [0.15, 0.2) is 30.5 Å². The maximum Gasteiger partial charge on any atom is 0.235 e. The highest BCUT2D eigenvalue weighted by molar-refractivity contribution is 9.09. The molecular formula is C10H9BrN2O. The molecule has 0 aliphatic heterocycles. The molecule has 3 N–H and O–H groups in total. The number of benzene rings is 1. The first-order valence-electron chi connectivity index (χ1n) is 4.19. The lowest BCUT2D eigenvalue weighted by atomic mass is 10.1. The van der Waals surface area contributed by atoms with Gasteiger partial charge in [0.05, 0.1) is 0 Å². The van der Waals surface area contributed by atoms with E-state index in [1.165, 1.54) is 0 Å². The van der Waals surface area contributed by atoms with Gasteiger partial charge in [-0.15, -0.1) is 0 Å². The topological polar surface area (TPSA) is 58.9 Å². The van der Waals surface area contributed by atoms with E-state index in [1.807, 2.05) is 24.3 Å². The lowest BCUT2D eigenvalue weighted by Gasteiger charge is -2.02. The standard InChI is InChI=1S/C10H9BrN2O/c11-9(10(12)14)7-5-13-8-4-2-1-3-6(7)8/h1-5,9,13H,(H2,12,14). The van der Waals surface area contributed by atoms with Crippen molar-refractivity contribution in [2.24, 2.45) is 5.73 Å². The largest absolute Gasteiger partial charge is 0.368 e. The predicted octanol–water partition coefficient (Wildman–Crippen LogP) is 2.09. The van der Waals surface area contributed by atoms with Crippen LogP contribution in [0.25, 0.3) is 10.9 Å². The molecule has 0 aliphatic rings. The van der Waals surface area contributed by atoms with Gasteiger partial charge in [0, 0.05) is 22.7 Å². The van der Waals surface area contributed by atoms with Crippen LogP contribution in [0.1, 0.15) is 10.4 Å². The number of H-pyrrole nitrogens is 1. The molecular weight excluding hydrogens is 244 g/mol. The van der Waals surface area contributed by atoms with E-state index >= 15 is 0 Å². The zero-order chi connectivity index (χ0) is 10.1. The molecule has 3 nitrogen and oxygen atoms in total. The third-order valence-corrected chi connectivity index (χ3v) is 3.09. The van der Waals surface area contributed by atoms with Crippen LogP contribution in [0.3, 0.4) is 0 Å². The van der Waals surface area contributed by atoms with Crippen molar-refractivity contribution in [1.29, 1.82) is 0 Å². The first-order valence-corrected chi connectivity index (χ1v) is 5.11. The number of hydrogen-bond acceptors (Lipinski definition) is 1. The summed E-state index contributed by atoms with van der Waals surface area (Å²) in [4.78, 5) is 13.7. The van der Waals surface area contributed by atoms with Gasteiger partial charge in [-0.25, -0.2) is 0 Å². The van der Waals surface area contributed by atoms with Gasteiger partial charge in [-0.2, -0.15) is 0 Å². The van der Waals surface area contributed by atoms with Crippen LogP contribution in [-0.4, -0.2) is 10.9 Å². The van der Waals surface area contributed by atoms with E-state index in [2.05, 4.69) is 20.9 Å². The number of halogens is 1. The fourth-order valence-corrected chi connectivity index (χ4v) is 1.84. The fourth-order valence-electron chi connectivity index (χ4n) is 1.46. The number of alkyl halides is 1. The van der Waals surface area contributed by atoms with Gasteiger partial charge in [0.25, 0.3) is 0 Å². The van der Waals surface area contributed by atoms with Gasteiger partial charge in [-0.05, 0) is 6.07 Å². The average molecular weight is 253 g/mol. The summed E-state index contributed by atoms with van der Waals surface area (Å²) in [6.45, 7) is 0. The highest BCUT2D eigenvalue weighted by atomic mass is 79.9. The number of nitrogens with two attached hydrogens (primary N) is 1. The van der Waals surface area contributed by atoms with E-state index in [0.717, 1.165) is 16.5 Å². The van der Waals surface area contributed by atoms with Crippen LogP contribution in [-0.2, 0) is 4.79 Å². The van der Waals surface area contributed by atoms with Gasteiger partial charge in [0.2, 0.25) is 5.91 Å². The van der Waals surface area contributed by atoms with E-state index in [4.69, 9.17) is 5.73 Å². The predicted molar refractivity (Wildman–Crippen MR) is 59.2 cm³/mol. The Bertz CT molecular complexity index is 478. The molecule has 2 rings (SSSR count). The van der Waals surface area contributed by atoms with Gasteiger partial charge in [0.15, 0.2) is 0 Å². The van der Waals surface area contributed by atoms with Gasteiger partial charge in [-0.1, -0.05) is 34.1 Å². The number of carbonyl (C=O) groups is 1. The molecule has 2 aromatic rings. The Balaban J connectivity index is 2.58. The molecule has 1 amide bonds. The lowest BCUT2D eigenvalue weighted by molar-refractivity contribution is -0.117. The van der Waals surface area contributed by atoms with Crippen LogP contribution in [0.4, 0.5) is 0 Å². The summed E-state index contributed by atoms with van der Waals surface area (Å²) in [5.74, 6) is -0.380. The molecule has 72 valence electrons. The van der Waals surface area contributed by atoms with Gasteiger partial charge in [-0.3, -0.25) is 4.79 Å². The molecule has 4 heteroatoms. The fraction of sp³-hybridized carbons (Fsp3) is 0.100. The molecule has 0 spiro atoms. The zero-order valence-electron chi connectivity index (χ0n) is 7.33. The number of fused-ring (bicyclic) bond motifs is 1. The van der Waals surface area contributed by atoms with Crippen molar-refractivity contribution in [3.8, 4) is 0 Å². The minimum absolute atomic E-state index is 0.380. The van der Waals surface area contributed by atoms with Crippen LogP contribution in [0, 0.1) is 0 Å². The summed E-state index contributed by atoms with van der Waals surface area (Å²) < 4.78 is 0. The van der Waals surface area contributed by atoms with Crippen LogP contribution in [0.2, 0.25) is 0 Å². The van der Waals surface area contributed by atoms with Crippen LogP contribution < -0.4 is 5.73 Å². The van der Waals surface area contributed by atoms with Crippen molar-refractivity contribution in [3.63, 3.8) is 0 Å². The van der Waals surface area contributed by atoms with Crippen LogP contribution >= 0.6 is 15.9 Å². The lowest BCUT2D eigenvalue weighted by Crippen LogP contribution is -2.16. The second-order valence-electron chi connectivity index (χ2n) is 3.05. The Morgan fingerprint density at radius 3 is 2.86 bits per heavy atom. The third kappa shape index (κ3) is 1.42. The minimum Gasteiger partial charge on any atom is -0.368 e. The number of nitrogens with one attached hydrogen (secondary N) is 1. The molecule has 1 atom stereocenters. The molecule has 1 heterocycles. The van der Waals surface area contributed by atoms with Gasteiger partial charge in [0.1, 0.15) is 4.83 Å². The maximum absolute atomic E-state index is 11.0. The SMILES string of the molecule is NC(=O)C(Br)c1c[nH]c2ccccc12. The molecule has 1 unspecified atom stereocenters. The molecule has 0 saturated carbocycles. The Kier molecular flexibility index (Phi) is 2.29. The van der Waals surface area contributed by atoms with E-state index in [1.54, 1.807) is 6.20 Å². The molecule has 1 aromatic carbocycles. The van der Waals surface area contributed by atoms with Crippen molar-refractivity contribution in [2.75, 3.05) is 0 Å². The number of hydrogen-bond donors (Lipinski definition) is 2. The summed E-state index contributed by atoms with van der Waals surface area (Å²) in [6.07, 6.45) is 1.80. The van der Waals surface area contributed by atoms with Crippen molar-refractivity contribution >= 4 is 32.7 Å². The Morgan fingerprint density at radius 2 is 2.14 bits per heavy atom. The third-order valence-electron chi connectivity index (χ3n) is 2.14.